The number of nitrogens with one attached hydrogen (secondary N) is 2. The Morgan fingerprint density at radius 1 is 1.37 bits per heavy atom. The second-order valence-electron chi connectivity index (χ2n) is 5.20. The van der Waals surface area contributed by atoms with Crippen molar-refractivity contribution in [2.45, 2.75) is 19.0 Å². The van der Waals surface area contributed by atoms with Crippen molar-refractivity contribution in [1.82, 2.24) is 15.5 Å². The fourth-order valence-corrected chi connectivity index (χ4v) is 2.80. The minimum absolute atomic E-state index is 0.0289. The maximum Gasteiger partial charge on any atom is 0.225 e. The van der Waals surface area contributed by atoms with Crippen LogP contribution in [0.15, 0.2) is 30.3 Å². The molecular formula is C15H23N3O. The van der Waals surface area contributed by atoms with Crippen LogP contribution in [-0.4, -0.2) is 44.0 Å². The molecule has 0 aromatic heterocycles. The summed E-state index contributed by atoms with van der Waals surface area (Å²) in [4.78, 5) is 14.2. The molecule has 3 atom stereocenters. The molecule has 1 aliphatic rings. The molecule has 0 bridgehead atoms. The highest BCUT2D eigenvalue weighted by Crippen LogP contribution is 2.25. The maximum absolute atomic E-state index is 11.9. The molecule has 19 heavy (non-hydrogen) atoms. The van der Waals surface area contributed by atoms with Gasteiger partial charge in [0, 0.05) is 32.2 Å². The highest BCUT2D eigenvalue weighted by atomic mass is 16.1. The van der Waals surface area contributed by atoms with Crippen LogP contribution in [0, 0.1) is 5.92 Å². The number of nitrogens with zero attached hydrogens (tertiary/aromatic N) is 1. The number of hydrogen-bond acceptors (Lipinski definition) is 3. The summed E-state index contributed by atoms with van der Waals surface area (Å²) in [6.07, 6.45) is 0. The van der Waals surface area contributed by atoms with Gasteiger partial charge in [-0.1, -0.05) is 30.3 Å². The van der Waals surface area contributed by atoms with Gasteiger partial charge in [-0.2, -0.15) is 0 Å². The summed E-state index contributed by atoms with van der Waals surface area (Å²) in [7, 11) is 3.81. The van der Waals surface area contributed by atoms with E-state index in [0.717, 1.165) is 13.1 Å². The van der Waals surface area contributed by atoms with Gasteiger partial charge < -0.3 is 10.6 Å². The zero-order valence-electron chi connectivity index (χ0n) is 11.9. The Morgan fingerprint density at radius 3 is 2.68 bits per heavy atom. The first kappa shape index (κ1) is 14.0. The van der Waals surface area contributed by atoms with Gasteiger partial charge in [0.15, 0.2) is 0 Å². The van der Waals surface area contributed by atoms with E-state index in [1.807, 2.05) is 6.07 Å². The molecule has 104 valence electrons. The van der Waals surface area contributed by atoms with E-state index in [1.165, 1.54) is 5.56 Å². The summed E-state index contributed by atoms with van der Waals surface area (Å²) in [5.74, 6) is 0.156. The third-order valence-electron chi connectivity index (χ3n) is 4.18. The highest BCUT2D eigenvalue weighted by Gasteiger charge is 2.36. The van der Waals surface area contributed by atoms with E-state index in [9.17, 15) is 4.79 Å². The Balaban J connectivity index is 2.10. The molecule has 2 N–H and O–H groups in total. The Bertz CT molecular complexity index is 421. The molecule has 0 unspecified atom stereocenters. The first-order valence-corrected chi connectivity index (χ1v) is 6.84. The van der Waals surface area contributed by atoms with Crippen molar-refractivity contribution in [1.29, 1.82) is 0 Å². The first-order valence-electron chi connectivity index (χ1n) is 6.84. The molecule has 1 heterocycles. The lowest BCUT2D eigenvalue weighted by atomic mass is 9.98. The number of hydrogen-bond donors (Lipinski definition) is 2. The van der Waals surface area contributed by atoms with Crippen LogP contribution in [0.1, 0.15) is 18.5 Å². The molecule has 1 aromatic carbocycles. The van der Waals surface area contributed by atoms with Crippen molar-refractivity contribution in [2.24, 2.45) is 5.92 Å². The van der Waals surface area contributed by atoms with Crippen molar-refractivity contribution >= 4 is 5.91 Å². The SMILES string of the molecule is CNC(=O)[C@@H]1CNC[C@H]1N(C)[C@H](C)c1ccccc1. The Hall–Kier alpha value is -1.39. The number of carbonyl (C=O) groups excluding carboxylic acids is 1. The second-order valence-corrected chi connectivity index (χ2v) is 5.20. The van der Waals surface area contributed by atoms with Crippen molar-refractivity contribution < 1.29 is 4.79 Å². The van der Waals surface area contributed by atoms with E-state index in [4.69, 9.17) is 0 Å². The molecule has 1 amide bonds. The normalized spacial score (nSPS) is 24.4. The summed E-state index contributed by atoms with van der Waals surface area (Å²) >= 11 is 0. The molecule has 1 aromatic rings. The summed E-state index contributed by atoms with van der Waals surface area (Å²) in [6, 6.07) is 11.0. The summed E-state index contributed by atoms with van der Waals surface area (Å²) in [6.45, 7) is 3.82. The van der Waals surface area contributed by atoms with Gasteiger partial charge in [-0.05, 0) is 19.5 Å². The van der Waals surface area contributed by atoms with E-state index in [2.05, 4.69) is 53.8 Å². The largest absolute Gasteiger partial charge is 0.359 e. The minimum Gasteiger partial charge on any atom is -0.359 e. The third-order valence-corrected chi connectivity index (χ3v) is 4.18. The number of carbonyl (C=O) groups is 1. The molecule has 0 radical (unpaired) electrons. The number of amides is 1. The van der Waals surface area contributed by atoms with Crippen molar-refractivity contribution in [3.05, 3.63) is 35.9 Å². The lowest BCUT2D eigenvalue weighted by molar-refractivity contribution is -0.125. The summed E-state index contributed by atoms with van der Waals surface area (Å²) in [5.41, 5.74) is 1.28. The van der Waals surface area contributed by atoms with E-state index in [0.29, 0.717) is 6.04 Å². The van der Waals surface area contributed by atoms with Crippen molar-refractivity contribution in [2.75, 3.05) is 27.2 Å². The van der Waals surface area contributed by atoms with Crippen LogP contribution in [0.5, 0.6) is 0 Å². The number of benzene rings is 1. The topological polar surface area (TPSA) is 44.4 Å². The first-order chi connectivity index (χ1) is 9.15. The van der Waals surface area contributed by atoms with Gasteiger partial charge in [0.05, 0.1) is 5.92 Å². The molecule has 0 saturated carbocycles. The van der Waals surface area contributed by atoms with Gasteiger partial charge in [-0.15, -0.1) is 0 Å². The summed E-state index contributed by atoms with van der Waals surface area (Å²) in [5, 5.41) is 6.09. The average Bonchev–Trinajstić information content (AvgIpc) is 2.95. The zero-order chi connectivity index (χ0) is 13.8. The predicted molar refractivity (Wildman–Crippen MR) is 76.8 cm³/mol. The van der Waals surface area contributed by atoms with Crippen LogP contribution < -0.4 is 10.6 Å². The molecule has 2 rings (SSSR count). The highest BCUT2D eigenvalue weighted by molar-refractivity contribution is 5.79. The van der Waals surface area contributed by atoms with Crippen LogP contribution in [-0.2, 0) is 4.79 Å². The molecular weight excluding hydrogens is 238 g/mol. The molecule has 0 aliphatic carbocycles. The molecule has 0 spiro atoms. The standard InChI is InChI=1S/C15H23N3O/c1-11(12-7-5-4-6-8-12)18(3)14-10-17-9-13(14)15(19)16-2/h4-8,11,13-14,17H,9-10H2,1-3H3,(H,16,19)/t11-,13-,14-/m1/s1. The average molecular weight is 261 g/mol. The van der Waals surface area contributed by atoms with Crippen LogP contribution in [0.3, 0.4) is 0 Å². The second kappa shape index (κ2) is 6.17. The molecule has 4 heteroatoms. The Morgan fingerprint density at radius 2 is 2.05 bits per heavy atom. The number of rotatable bonds is 4. The van der Waals surface area contributed by atoms with Gasteiger partial charge in [0.25, 0.3) is 0 Å². The van der Waals surface area contributed by atoms with Gasteiger partial charge >= 0.3 is 0 Å². The smallest absolute Gasteiger partial charge is 0.225 e. The Labute approximate surface area is 115 Å². The van der Waals surface area contributed by atoms with Crippen molar-refractivity contribution in [3.63, 3.8) is 0 Å². The Kier molecular flexibility index (Phi) is 4.56. The lowest BCUT2D eigenvalue weighted by Gasteiger charge is -2.33. The van der Waals surface area contributed by atoms with Gasteiger partial charge in [0.2, 0.25) is 5.91 Å². The van der Waals surface area contributed by atoms with E-state index in [-0.39, 0.29) is 17.9 Å². The van der Waals surface area contributed by atoms with Crippen LogP contribution in [0.2, 0.25) is 0 Å². The fraction of sp³-hybridized carbons (Fsp3) is 0.533. The quantitative estimate of drug-likeness (QED) is 0.850. The monoisotopic (exact) mass is 261 g/mol. The van der Waals surface area contributed by atoms with E-state index >= 15 is 0 Å². The van der Waals surface area contributed by atoms with E-state index < -0.39 is 0 Å². The van der Waals surface area contributed by atoms with Crippen LogP contribution in [0.25, 0.3) is 0 Å². The molecule has 1 aliphatic heterocycles. The summed E-state index contributed by atoms with van der Waals surface area (Å²) < 4.78 is 0. The van der Waals surface area contributed by atoms with E-state index in [1.54, 1.807) is 7.05 Å². The van der Waals surface area contributed by atoms with Crippen molar-refractivity contribution in [3.8, 4) is 0 Å². The van der Waals surface area contributed by atoms with Crippen LogP contribution in [0.4, 0.5) is 0 Å². The third kappa shape index (κ3) is 2.96. The van der Waals surface area contributed by atoms with Crippen LogP contribution >= 0.6 is 0 Å². The maximum atomic E-state index is 11.9. The molecule has 1 saturated heterocycles. The van der Waals surface area contributed by atoms with Gasteiger partial charge in [-0.3, -0.25) is 9.69 Å². The molecule has 4 nitrogen and oxygen atoms in total. The fourth-order valence-electron chi connectivity index (χ4n) is 2.80. The predicted octanol–water partition coefficient (Wildman–Crippen LogP) is 1.01. The number of likely N-dealkylation sites (N-methyl/N-ethyl adjacent to an activating group) is 1. The molecule has 1 fully saturated rings. The lowest BCUT2D eigenvalue weighted by Crippen LogP contribution is -2.45. The zero-order valence-corrected chi connectivity index (χ0v) is 11.9. The van der Waals surface area contributed by atoms with Gasteiger partial charge in [0.1, 0.15) is 0 Å². The van der Waals surface area contributed by atoms with Gasteiger partial charge in [-0.25, -0.2) is 0 Å². The minimum atomic E-state index is 0.0289.